The Morgan fingerprint density at radius 3 is 2.76 bits per heavy atom. The monoisotopic (exact) mass is 364 g/mol. The first-order valence-electron chi connectivity index (χ1n) is 8.21. The van der Waals surface area contributed by atoms with Gasteiger partial charge in [-0.15, -0.1) is 0 Å². The molecule has 1 heterocycles. The summed E-state index contributed by atoms with van der Waals surface area (Å²) >= 11 is 5.29. The number of hydrogen-bond acceptors (Lipinski definition) is 5. The number of aromatic amines is 1. The predicted octanol–water partition coefficient (Wildman–Crippen LogP) is 2.55. The number of hydrogen-bond donors (Lipinski definition) is 2. The van der Waals surface area contributed by atoms with Crippen LogP contribution in [0, 0.1) is 4.77 Å². The van der Waals surface area contributed by atoms with E-state index in [1.165, 1.54) is 0 Å². The second-order valence-corrected chi connectivity index (χ2v) is 6.02. The Labute approximate surface area is 152 Å². The molecule has 0 aliphatic rings. The fourth-order valence-corrected chi connectivity index (χ4v) is 2.69. The quantitative estimate of drug-likeness (QED) is 0.668. The van der Waals surface area contributed by atoms with Gasteiger partial charge in [0, 0.05) is 31.7 Å². The van der Waals surface area contributed by atoms with Gasteiger partial charge in [0.15, 0.2) is 10.6 Å². The average Bonchev–Trinajstić information content (AvgIpc) is 2.95. The molecule has 0 fully saturated rings. The molecule has 1 aromatic heterocycles. The zero-order valence-electron chi connectivity index (χ0n) is 14.7. The normalized spacial score (nSPS) is 12.0. The zero-order chi connectivity index (χ0) is 18.2. The number of aromatic nitrogens is 3. The van der Waals surface area contributed by atoms with Crippen molar-refractivity contribution in [3.63, 3.8) is 0 Å². The molecule has 0 aliphatic heterocycles. The third kappa shape index (κ3) is 5.40. The van der Waals surface area contributed by atoms with Crippen molar-refractivity contribution in [1.29, 1.82) is 0 Å². The Hall–Kier alpha value is -2.19. The van der Waals surface area contributed by atoms with Crippen LogP contribution in [0.2, 0.25) is 0 Å². The fraction of sp³-hybridized carbons (Fsp3) is 0.471. The number of nitrogens with zero attached hydrogens (tertiary/aromatic N) is 2. The maximum atomic E-state index is 12.0. The summed E-state index contributed by atoms with van der Waals surface area (Å²) in [5.41, 5.74) is 0.906. The van der Waals surface area contributed by atoms with Gasteiger partial charge in [0.1, 0.15) is 5.75 Å². The van der Waals surface area contributed by atoms with Gasteiger partial charge in [-0.2, -0.15) is 5.10 Å². The molecule has 2 N–H and O–H groups in total. The lowest BCUT2D eigenvalue weighted by molar-refractivity contribution is -0.122. The van der Waals surface area contributed by atoms with E-state index in [9.17, 15) is 4.79 Å². The van der Waals surface area contributed by atoms with Crippen LogP contribution in [-0.4, -0.2) is 47.0 Å². The molecule has 0 aliphatic carbocycles. The molecular weight excluding hydrogens is 340 g/mol. The van der Waals surface area contributed by atoms with Crippen molar-refractivity contribution in [2.75, 3.05) is 20.3 Å². The Morgan fingerprint density at radius 2 is 2.12 bits per heavy atom. The molecule has 0 saturated heterocycles. The molecule has 25 heavy (non-hydrogen) atoms. The van der Waals surface area contributed by atoms with E-state index in [-0.39, 0.29) is 11.9 Å². The van der Waals surface area contributed by atoms with E-state index >= 15 is 0 Å². The first-order valence-corrected chi connectivity index (χ1v) is 8.62. The summed E-state index contributed by atoms with van der Waals surface area (Å²) in [5.74, 6) is 1.45. The minimum atomic E-state index is -0.0507. The Bertz CT molecular complexity index is 739. The maximum Gasteiger partial charge on any atom is 0.222 e. The number of rotatable bonds is 9. The highest BCUT2D eigenvalue weighted by molar-refractivity contribution is 7.71. The van der Waals surface area contributed by atoms with Crippen molar-refractivity contribution in [3.05, 3.63) is 29.0 Å². The highest BCUT2D eigenvalue weighted by atomic mass is 32.1. The average molecular weight is 364 g/mol. The van der Waals surface area contributed by atoms with Gasteiger partial charge >= 0.3 is 0 Å². The van der Waals surface area contributed by atoms with Gasteiger partial charge in [-0.1, -0.05) is 0 Å². The molecule has 0 bridgehead atoms. The molecule has 1 atom stereocenters. The minimum absolute atomic E-state index is 0.0274. The summed E-state index contributed by atoms with van der Waals surface area (Å²) < 4.78 is 12.8. The van der Waals surface area contributed by atoms with Crippen molar-refractivity contribution < 1.29 is 14.3 Å². The molecule has 0 radical (unpaired) electrons. The predicted molar refractivity (Wildman–Crippen MR) is 98.1 cm³/mol. The summed E-state index contributed by atoms with van der Waals surface area (Å²) in [6, 6.07) is 7.60. The van der Waals surface area contributed by atoms with Crippen molar-refractivity contribution in [1.82, 2.24) is 20.1 Å². The van der Waals surface area contributed by atoms with Crippen molar-refractivity contribution in [3.8, 4) is 17.1 Å². The van der Waals surface area contributed by atoms with E-state index in [2.05, 4.69) is 15.5 Å². The van der Waals surface area contributed by atoms with Crippen LogP contribution in [0.15, 0.2) is 24.3 Å². The van der Waals surface area contributed by atoms with Crippen LogP contribution in [0.3, 0.4) is 0 Å². The molecule has 136 valence electrons. The second kappa shape index (κ2) is 9.33. The number of carbonyl (C=O) groups excluding carboxylic acids is 1. The zero-order valence-corrected chi connectivity index (χ0v) is 15.6. The van der Waals surface area contributed by atoms with Crippen LogP contribution >= 0.6 is 12.2 Å². The number of nitrogens with one attached hydrogen (secondary N) is 2. The molecule has 2 rings (SSSR count). The first kappa shape index (κ1) is 19.1. The van der Waals surface area contributed by atoms with Crippen LogP contribution in [0.5, 0.6) is 5.75 Å². The summed E-state index contributed by atoms with van der Waals surface area (Å²) in [5, 5.41) is 9.96. The lowest BCUT2D eigenvalue weighted by Gasteiger charge is -2.13. The van der Waals surface area contributed by atoms with Crippen LogP contribution < -0.4 is 10.1 Å². The van der Waals surface area contributed by atoms with Gasteiger partial charge in [0.05, 0.1) is 13.2 Å². The summed E-state index contributed by atoms with van der Waals surface area (Å²) in [6.45, 7) is 5.39. The third-order valence-corrected chi connectivity index (χ3v) is 3.88. The standard InChI is InChI=1S/C17H24N4O3S/c1-4-24-14-7-5-13(6-8-14)16-19-20-17(25)21(16)10-9-15(22)18-12(2)11-23-3/h5-8,12H,4,9-11H2,1-3H3,(H,18,22)(H,20,25). The Balaban J connectivity index is 2.06. The fourth-order valence-electron chi connectivity index (χ4n) is 2.46. The van der Waals surface area contributed by atoms with Crippen LogP contribution in [0.25, 0.3) is 11.4 Å². The summed E-state index contributed by atoms with van der Waals surface area (Å²) in [6.07, 6.45) is 0.311. The lowest BCUT2D eigenvalue weighted by atomic mass is 10.2. The highest BCUT2D eigenvalue weighted by Gasteiger charge is 2.12. The van der Waals surface area contributed by atoms with Gasteiger partial charge in [0.25, 0.3) is 0 Å². The number of benzene rings is 1. The number of amides is 1. The van der Waals surface area contributed by atoms with Gasteiger partial charge in [-0.05, 0) is 50.3 Å². The van der Waals surface area contributed by atoms with E-state index in [0.29, 0.717) is 36.8 Å². The topological polar surface area (TPSA) is 81.2 Å². The molecule has 8 heteroatoms. The summed E-state index contributed by atoms with van der Waals surface area (Å²) in [4.78, 5) is 12.0. The number of ether oxygens (including phenoxy) is 2. The molecule has 1 aromatic carbocycles. The van der Waals surface area contributed by atoms with Crippen molar-refractivity contribution in [2.45, 2.75) is 32.9 Å². The van der Waals surface area contributed by atoms with Crippen molar-refractivity contribution in [2.24, 2.45) is 0 Å². The number of methoxy groups -OCH3 is 1. The van der Waals surface area contributed by atoms with Crippen LogP contribution in [-0.2, 0) is 16.1 Å². The Morgan fingerprint density at radius 1 is 1.40 bits per heavy atom. The van der Waals surface area contributed by atoms with Crippen LogP contribution in [0.4, 0.5) is 0 Å². The molecule has 1 amide bonds. The molecule has 1 unspecified atom stereocenters. The highest BCUT2D eigenvalue weighted by Crippen LogP contribution is 2.21. The van der Waals surface area contributed by atoms with E-state index in [1.807, 2.05) is 42.7 Å². The van der Waals surface area contributed by atoms with Gasteiger partial charge in [-0.25, -0.2) is 0 Å². The van der Waals surface area contributed by atoms with Gasteiger partial charge in [-0.3, -0.25) is 14.5 Å². The van der Waals surface area contributed by atoms with E-state index in [1.54, 1.807) is 7.11 Å². The lowest BCUT2D eigenvalue weighted by Crippen LogP contribution is -2.36. The van der Waals surface area contributed by atoms with Crippen molar-refractivity contribution >= 4 is 18.1 Å². The molecule has 0 spiro atoms. The van der Waals surface area contributed by atoms with E-state index in [4.69, 9.17) is 21.7 Å². The number of H-pyrrole nitrogens is 1. The Kier molecular flexibility index (Phi) is 7.15. The van der Waals surface area contributed by atoms with Gasteiger partial charge in [0.2, 0.25) is 5.91 Å². The molecular formula is C17H24N4O3S. The first-order chi connectivity index (χ1) is 12.0. The second-order valence-electron chi connectivity index (χ2n) is 5.64. The molecule has 2 aromatic rings. The smallest absolute Gasteiger partial charge is 0.222 e. The molecule has 0 saturated carbocycles. The SMILES string of the molecule is CCOc1ccc(-c2n[nH]c(=S)n2CCC(=O)NC(C)COC)cc1. The van der Waals surface area contributed by atoms with Crippen LogP contribution in [0.1, 0.15) is 20.3 Å². The van der Waals surface area contributed by atoms with Gasteiger partial charge < -0.3 is 14.8 Å². The number of carbonyl (C=O) groups is 1. The van der Waals surface area contributed by atoms with E-state index in [0.717, 1.165) is 11.3 Å². The largest absolute Gasteiger partial charge is 0.494 e. The summed E-state index contributed by atoms with van der Waals surface area (Å²) in [7, 11) is 1.61. The third-order valence-electron chi connectivity index (χ3n) is 3.57. The molecule has 7 nitrogen and oxygen atoms in total. The van der Waals surface area contributed by atoms with E-state index < -0.39 is 0 Å². The minimum Gasteiger partial charge on any atom is -0.494 e. The maximum absolute atomic E-state index is 12.0.